The summed E-state index contributed by atoms with van der Waals surface area (Å²) in [5.41, 5.74) is 1.03. The highest BCUT2D eigenvalue weighted by molar-refractivity contribution is 9.10. The van der Waals surface area contributed by atoms with Crippen LogP contribution in [0.25, 0.3) is 0 Å². The Morgan fingerprint density at radius 3 is 2.65 bits per heavy atom. The van der Waals surface area contributed by atoms with Crippen LogP contribution in [0.15, 0.2) is 28.7 Å². The van der Waals surface area contributed by atoms with Gasteiger partial charge in [0.15, 0.2) is 5.11 Å². The molecular formula is C12H16BrN3S. The van der Waals surface area contributed by atoms with E-state index in [1.54, 1.807) is 0 Å². The molecule has 1 aliphatic heterocycles. The summed E-state index contributed by atoms with van der Waals surface area (Å²) in [6, 6.07) is 8.05. The zero-order valence-corrected chi connectivity index (χ0v) is 12.2. The van der Waals surface area contributed by atoms with Crippen LogP contribution in [0.3, 0.4) is 0 Å². The first-order valence-corrected chi connectivity index (χ1v) is 6.85. The molecule has 0 radical (unpaired) electrons. The zero-order valence-electron chi connectivity index (χ0n) is 9.82. The molecule has 0 spiro atoms. The molecule has 0 atom stereocenters. The fraction of sp³-hybridized carbons (Fsp3) is 0.417. The molecule has 0 aliphatic carbocycles. The number of hydrogen-bond acceptors (Lipinski definition) is 2. The standard InChI is InChI=1S/C12H16BrN3S/c1-15-5-7-16(8-6-15)12(17)14-11-4-2-3-10(13)9-11/h2-4,9H,5-8H2,1H3,(H,14,17). The SMILES string of the molecule is CN1CCN(C(=S)Nc2cccc(Br)c2)CC1. The van der Waals surface area contributed by atoms with Gasteiger partial charge >= 0.3 is 0 Å². The Labute approximate surface area is 116 Å². The number of benzene rings is 1. The molecule has 1 aromatic carbocycles. The molecule has 1 aromatic rings. The average Bonchev–Trinajstić information content (AvgIpc) is 2.29. The maximum atomic E-state index is 5.42. The highest BCUT2D eigenvalue weighted by atomic mass is 79.9. The molecule has 1 fully saturated rings. The lowest BCUT2D eigenvalue weighted by Gasteiger charge is -2.34. The first-order valence-electron chi connectivity index (χ1n) is 5.65. The van der Waals surface area contributed by atoms with Gasteiger partial charge in [-0.15, -0.1) is 0 Å². The molecule has 0 aromatic heterocycles. The molecule has 0 amide bonds. The molecule has 1 N–H and O–H groups in total. The first kappa shape index (κ1) is 12.8. The Hall–Kier alpha value is -0.650. The summed E-state index contributed by atoms with van der Waals surface area (Å²) in [6.45, 7) is 4.13. The van der Waals surface area contributed by atoms with Crippen molar-refractivity contribution in [2.75, 3.05) is 38.5 Å². The van der Waals surface area contributed by atoms with Crippen molar-refractivity contribution in [3.63, 3.8) is 0 Å². The van der Waals surface area contributed by atoms with Gasteiger partial charge in [-0.1, -0.05) is 22.0 Å². The average molecular weight is 314 g/mol. The molecule has 3 nitrogen and oxygen atoms in total. The fourth-order valence-corrected chi connectivity index (χ4v) is 2.48. The molecule has 1 aliphatic rings. The molecule has 2 rings (SSSR count). The minimum Gasteiger partial charge on any atom is -0.346 e. The van der Waals surface area contributed by atoms with Crippen LogP contribution in [0, 0.1) is 0 Å². The third kappa shape index (κ3) is 3.66. The van der Waals surface area contributed by atoms with Crippen LogP contribution in [0.4, 0.5) is 5.69 Å². The Balaban J connectivity index is 1.93. The minimum atomic E-state index is 0.816. The highest BCUT2D eigenvalue weighted by Gasteiger charge is 2.16. The third-order valence-corrected chi connectivity index (χ3v) is 3.72. The van der Waals surface area contributed by atoms with Gasteiger partial charge in [0.2, 0.25) is 0 Å². The molecule has 1 saturated heterocycles. The van der Waals surface area contributed by atoms with E-state index in [0.717, 1.165) is 41.5 Å². The van der Waals surface area contributed by atoms with Gasteiger partial charge in [0.05, 0.1) is 0 Å². The second-order valence-corrected chi connectivity index (χ2v) is 5.53. The summed E-state index contributed by atoms with van der Waals surface area (Å²) >= 11 is 8.87. The second-order valence-electron chi connectivity index (χ2n) is 4.23. The molecule has 1 heterocycles. The van der Waals surface area contributed by atoms with Crippen LogP contribution < -0.4 is 5.32 Å². The molecule has 17 heavy (non-hydrogen) atoms. The van der Waals surface area contributed by atoms with E-state index < -0.39 is 0 Å². The zero-order chi connectivity index (χ0) is 12.3. The van der Waals surface area contributed by atoms with E-state index >= 15 is 0 Å². The number of hydrogen-bond donors (Lipinski definition) is 1. The van der Waals surface area contributed by atoms with Gasteiger partial charge in [0.1, 0.15) is 0 Å². The molecular weight excluding hydrogens is 298 g/mol. The Morgan fingerprint density at radius 2 is 2.00 bits per heavy atom. The van der Waals surface area contributed by atoms with Crippen molar-refractivity contribution >= 4 is 38.9 Å². The summed E-state index contributed by atoms with van der Waals surface area (Å²) in [6.07, 6.45) is 0. The van der Waals surface area contributed by atoms with Crippen LogP contribution in [-0.4, -0.2) is 48.1 Å². The van der Waals surface area contributed by atoms with Gasteiger partial charge in [-0.05, 0) is 37.5 Å². The lowest BCUT2D eigenvalue weighted by molar-refractivity contribution is 0.217. The smallest absolute Gasteiger partial charge is 0.173 e. The van der Waals surface area contributed by atoms with Crippen molar-refractivity contribution in [3.8, 4) is 0 Å². The summed E-state index contributed by atoms with van der Waals surface area (Å²) in [5.74, 6) is 0. The molecule has 0 bridgehead atoms. The Bertz CT molecular complexity index is 402. The number of piperazine rings is 1. The normalized spacial score (nSPS) is 16.9. The summed E-state index contributed by atoms with van der Waals surface area (Å²) < 4.78 is 1.06. The molecule has 0 saturated carbocycles. The number of halogens is 1. The number of rotatable bonds is 1. The van der Waals surface area contributed by atoms with Gasteiger partial charge in [-0.25, -0.2) is 0 Å². The van der Waals surface area contributed by atoms with Crippen LogP contribution in [0.2, 0.25) is 0 Å². The highest BCUT2D eigenvalue weighted by Crippen LogP contribution is 2.16. The van der Waals surface area contributed by atoms with Crippen molar-refractivity contribution in [2.24, 2.45) is 0 Å². The maximum Gasteiger partial charge on any atom is 0.173 e. The third-order valence-electron chi connectivity index (χ3n) is 2.87. The maximum absolute atomic E-state index is 5.42. The van der Waals surface area contributed by atoms with E-state index in [9.17, 15) is 0 Å². The van der Waals surface area contributed by atoms with Crippen molar-refractivity contribution in [1.29, 1.82) is 0 Å². The number of likely N-dealkylation sites (N-methyl/N-ethyl adjacent to an activating group) is 1. The number of anilines is 1. The van der Waals surface area contributed by atoms with Crippen molar-refractivity contribution in [1.82, 2.24) is 9.80 Å². The van der Waals surface area contributed by atoms with Crippen LogP contribution in [0.5, 0.6) is 0 Å². The van der Waals surface area contributed by atoms with Gasteiger partial charge < -0.3 is 15.1 Å². The van der Waals surface area contributed by atoms with Gasteiger partial charge in [-0.3, -0.25) is 0 Å². The quantitative estimate of drug-likeness (QED) is 0.802. The molecule has 0 unspecified atom stereocenters. The second kappa shape index (κ2) is 5.80. The van der Waals surface area contributed by atoms with Gasteiger partial charge in [0.25, 0.3) is 0 Å². The predicted octanol–water partition coefficient (Wildman–Crippen LogP) is 2.39. The lowest BCUT2D eigenvalue weighted by Crippen LogP contribution is -2.48. The number of nitrogens with zero attached hydrogens (tertiary/aromatic N) is 2. The fourth-order valence-electron chi connectivity index (χ4n) is 1.78. The van der Waals surface area contributed by atoms with Crippen molar-refractivity contribution < 1.29 is 0 Å². The van der Waals surface area contributed by atoms with E-state index in [-0.39, 0.29) is 0 Å². The molecule has 92 valence electrons. The minimum absolute atomic E-state index is 0.816. The summed E-state index contributed by atoms with van der Waals surface area (Å²) in [5, 5.41) is 4.09. The summed E-state index contributed by atoms with van der Waals surface area (Å²) in [7, 11) is 2.14. The lowest BCUT2D eigenvalue weighted by atomic mass is 10.3. The van der Waals surface area contributed by atoms with Crippen molar-refractivity contribution in [3.05, 3.63) is 28.7 Å². The first-order chi connectivity index (χ1) is 8.15. The van der Waals surface area contributed by atoms with E-state index in [1.807, 2.05) is 24.3 Å². The van der Waals surface area contributed by atoms with Gasteiger partial charge in [-0.2, -0.15) is 0 Å². The van der Waals surface area contributed by atoms with E-state index in [1.165, 1.54) is 0 Å². The van der Waals surface area contributed by atoms with Crippen molar-refractivity contribution in [2.45, 2.75) is 0 Å². The van der Waals surface area contributed by atoms with E-state index in [2.05, 4.69) is 38.1 Å². The van der Waals surface area contributed by atoms with Crippen LogP contribution >= 0.6 is 28.1 Å². The molecule has 5 heteroatoms. The summed E-state index contributed by atoms with van der Waals surface area (Å²) in [4.78, 5) is 4.54. The number of thiocarbonyl (C=S) groups is 1. The topological polar surface area (TPSA) is 18.5 Å². The van der Waals surface area contributed by atoms with Crippen LogP contribution in [-0.2, 0) is 0 Å². The Morgan fingerprint density at radius 1 is 1.29 bits per heavy atom. The predicted molar refractivity (Wildman–Crippen MR) is 79.4 cm³/mol. The van der Waals surface area contributed by atoms with E-state index in [0.29, 0.717) is 0 Å². The monoisotopic (exact) mass is 313 g/mol. The van der Waals surface area contributed by atoms with E-state index in [4.69, 9.17) is 12.2 Å². The van der Waals surface area contributed by atoms with Crippen LogP contribution in [0.1, 0.15) is 0 Å². The largest absolute Gasteiger partial charge is 0.346 e. The Kier molecular flexibility index (Phi) is 4.36. The number of nitrogens with one attached hydrogen (secondary N) is 1. The van der Waals surface area contributed by atoms with Gasteiger partial charge in [0, 0.05) is 36.3 Å².